The lowest BCUT2D eigenvalue weighted by molar-refractivity contribution is -0.384. The first kappa shape index (κ1) is 15.6. The lowest BCUT2D eigenvalue weighted by atomic mass is 10.1. The van der Waals surface area contributed by atoms with Gasteiger partial charge in [0.05, 0.1) is 11.1 Å². The third-order valence-corrected chi connectivity index (χ3v) is 2.92. The highest BCUT2D eigenvalue weighted by Gasteiger charge is 2.07. The van der Waals surface area contributed by atoms with Crippen molar-refractivity contribution in [3.8, 4) is 11.3 Å². The number of thiocarbonyl (C=S) groups is 1. The summed E-state index contributed by atoms with van der Waals surface area (Å²) in [4.78, 5) is 10.2. The lowest BCUT2D eigenvalue weighted by Gasteiger charge is -2.01. The van der Waals surface area contributed by atoms with Crippen molar-refractivity contribution in [1.82, 2.24) is 10.7 Å². The number of non-ortho nitro benzene ring substituents is 1. The fourth-order valence-electron chi connectivity index (χ4n) is 1.68. The average Bonchev–Trinajstić information content (AvgIpc) is 2.96. The van der Waals surface area contributed by atoms with Gasteiger partial charge < -0.3 is 9.73 Å². The zero-order valence-corrected chi connectivity index (χ0v) is 12.6. The molecule has 0 atom stereocenters. The number of nitro benzene ring substituents is 1. The summed E-state index contributed by atoms with van der Waals surface area (Å²) in [5.74, 6) is 1.14. The first-order valence-corrected chi connectivity index (χ1v) is 6.92. The predicted octanol–water partition coefficient (Wildman–Crippen LogP) is 2.67. The molecule has 0 saturated carbocycles. The topological polar surface area (TPSA) is 92.7 Å². The second-order valence-electron chi connectivity index (χ2n) is 4.24. The van der Waals surface area contributed by atoms with Crippen LogP contribution in [0, 0.1) is 10.1 Å². The minimum atomic E-state index is -0.442. The maximum atomic E-state index is 10.6. The molecule has 8 heteroatoms. The average molecular weight is 318 g/mol. The summed E-state index contributed by atoms with van der Waals surface area (Å²) in [6.07, 6.45) is 1.50. The molecular formula is C14H14N4O3S. The summed E-state index contributed by atoms with van der Waals surface area (Å²) >= 11 is 4.96. The van der Waals surface area contributed by atoms with E-state index >= 15 is 0 Å². The van der Waals surface area contributed by atoms with E-state index in [0.717, 1.165) is 5.56 Å². The van der Waals surface area contributed by atoms with E-state index in [2.05, 4.69) is 15.8 Å². The molecule has 114 valence electrons. The van der Waals surface area contributed by atoms with Gasteiger partial charge in [-0.2, -0.15) is 5.10 Å². The summed E-state index contributed by atoms with van der Waals surface area (Å²) in [7, 11) is 0. The van der Waals surface area contributed by atoms with Crippen LogP contribution in [-0.4, -0.2) is 22.8 Å². The van der Waals surface area contributed by atoms with Crippen molar-refractivity contribution < 1.29 is 9.34 Å². The standard InChI is InChI=1S/C14H14N4O3S/c1-2-15-14(22)17-16-9-12-7-8-13(21-12)10-3-5-11(6-4-10)18(19)20/h3-9H,2H2,1H3,(H2,15,17,22). The van der Waals surface area contributed by atoms with Gasteiger partial charge in [0.25, 0.3) is 5.69 Å². The first-order valence-electron chi connectivity index (χ1n) is 6.51. The summed E-state index contributed by atoms with van der Waals surface area (Å²) in [6, 6.07) is 9.65. The molecule has 0 spiro atoms. The second-order valence-corrected chi connectivity index (χ2v) is 4.64. The van der Waals surface area contributed by atoms with Crippen LogP contribution in [0.3, 0.4) is 0 Å². The van der Waals surface area contributed by atoms with E-state index in [9.17, 15) is 10.1 Å². The predicted molar refractivity (Wildman–Crippen MR) is 87.8 cm³/mol. The number of furan rings is 1. The summed E-state index contributed by atoms with van der Waals surface area (Å²) < 4.78 is 5.59. The van der Waals surface area contributed by atoms with Gasteiger partial charge in [-0.15, -0.1) is 0 Å². The highest BCUT2D eigenvalue weighted by atomic mass is 32.1. The molecule has 7 nitrogen and oxygen atoms in total. The molecule has 0 aliphatic rings. The fraction of sp³-hybridized carbons (Fsp3) is 0.143. The summed E-state index contributed by atoms with van der Waals surface area (Å²) in [5, 5.41) is 17.9. The van der Waals surface area contributed by atoms with Gasteiger partial charge in [0.2, 0.25) is 0 Å². The summed E-state index contributed by atoms with van der Waals surface area (Å²) in [6.45, 7) is 2.65. The molecule has 1 heterocycles. The van der Waals surface area contributed by atoms with Gasteiger partial charge in [-0.3, -0.25) is 15.5 Å². The van der Waals surface area contributed by atoms with Crippen LogP contribution in [0.1, 0.15) is 12.7 Å². The monoisotopic (exact) mass is 318 g/mol. The third-order valence-electron chi connectivity index (χ3n) is 2.68. The van der Waals surface area contributed by atoms with Crippen LogP contribution < -0.4 is 10.7 Å². The third kappa shape index (κ3) is 4.13. The van der Waals surface area contributed by atoms with E-state index in [4.69, 9.17) is 16.6 Å². The van der Waals surface area contributed by atoms with E-state index in [0.29, 0.717) is 23.2 Å². The van der Waals surface area contributed by atoms with Crippen molar-refractivity contribution in [2.45, 2.75) is 6.92 Å². The fourth-order valence-corrected chi connectivity index (χ4v) is 1.88. The quantitative estimate of drug-likeness (QED) is 0.381. The lowest BCUT2D eigenvalue weighted by Crippen LogP contribution is -2.31. The molecule has 0 aliphatic heterocycles. The first-order chi connectivity index (χ1) is 10.6. The second kappa shape index (κ2) is 7.32. The number of nitro groups is 1. The molecule has 2 N–H and O–H groups in total. The Morgan fingerprint density at radius 3 is 2.73 bits per heavy atom. The molecule has 0 amide bonds. The number of rotatable bonds is 5. The van der Waals surface area contributed by atoms with Gasteiger partial charge >= 0.3 is 0 Å². The van der Waals surface area contributed by atoms with Crippen LogP contribution in [0.5, 0.6) is 0 Å². The van der Waals surface area contributed by atoms with Crippen molar-refractivity contribution in [3.63, 3.8) is 0 Å². The number of benzene rings is 1. The molecule has 1 aromatic carbocycles. The minimum absolute atomic E-state index is 0.0400. The number of nitrogens with one attached hydrogen (secondary N) is 2. The Bertz CT molecular complexity index is 694. The Morgan fingerprint density at radius 2 is 2.09 bits per heavy atom. The molecule has 0 bridgehead atoms. The Labute approximate surface area is 132 Å². The Hall–Kier alpha value is -2.74. The van der Waals surface area contributed by atoms with Crippen molar-refractivity contribution >= 4 is 29.2 Å². The van der Waals surface area contributed by atoms with Crippen LogP contribution in [0.25, 0.3) is 11.3 Å². The van der Waals surface area contributed by atoms with E-state index in [1.54, 1.807) is 24.3 Å². The van der Waals surface area contributed by atoms with Crippen molar-refractivity contribution in [1.29, 1.82) is 0 Å². The molecule has 2 rings (SSSR count). The Morgan fingerprint density at radius 1 is 1.36 bits per heavy atom. The molecular weight excluding hydrogens is 304 g/mol. The van der Waals surface area contributed by atoms with Gasteiger partial charge in [-0.1, -0.05) is 0 Å². The van der Waals surface area contributed by atoms with Crippen LogP contribution in [0.2, 0.25) is 0 Å². The van der Waals surface area contributed by atoms with Gasteiger partial charge in [0.1, 0.15) is 11.5 Å². The normalized spacial score (nSPS) is 10.6. The molecule has 0 unspecified atom stereocenters. The largest absolute Gasteiger partial charge is 0.455 e. The number of hydrazone groups is 1. The van der Waals surface area contributed by atoms with Gasteiger partial charge in [-0.05, 0) is 43.4 Å². The van der Waals surface area contributed by atoms with Crippen molar-refractivity contribution in [2.75, 3.05) is 6.54 Å². The molecule has 1 aromatic heterocycles. The maximum absolute atomic E-state index is 10.6. The van der Waals surface area contributed by atoms with Crippen LogP contribution >= 0.6 is 12.2 Å². The van der Waals surface area contributed by atoms with Gasteiger partial charge in [0.15, 0.2) is 5.11 Å². The Kier molecular flexibility index (Phi) is 5.21. The Balaban J connectivity index is 2.03. The number of hydrogen-bond donors (Lipinski definition) is 2. The highest BCUT2D eigenvalue weighted by Crippen LogP contribution is 2.23. The van der Waals surface area contributed by atoms with Crippen molar-refractivity contribution in [3.05, 3.63) is 52.3 Å². The van der Waals surface area contributed by atoms with E-state index in [1.807, 2.05) is 6.92 Å². The number of nitrogens with zero attached hydrogens (tertiary/aromatic N) is 2. The van der Waals surface area contributed by atoms with E-state index in [-0.39, 0.29) is 5.69 Å². The van der Waals surface area contributed by atoms with Gasteiger partial charge in [0, 0.05) is 24.2 Å². The highest BCUT2D eigenvalue weighted by molar-refractivity contribution is 7.80. The molecule has 0 fully saturated rings. The van der Waals surface area contributed by atoms with Crippen LogP contribution in [0.15, 0.2) is 45.9 Å². The van der Waals surface area contributed by atoms with E-state index in [1.165, 1.54) is 18.3 Å². The SMILES string of the molecule is CCNC(=S)NN=Cc1ccc(-c2ccc([N+](=O)[O-])cc2)o1. The van der Waals surface area contributed by atoms with Crippen LogP contribution in [-0.2, 0) is 0 Å². The smallest absolute Gasteiger partial charge is 0.269 e. The van der Waals surface area contributed by atoms with Crippen LogP contribution in [0.4, 0.5) is 5.69 Å². The molecule has 0 aliphatic carbocycles. The molecule has 0 saturated heterocycles. The van der Waals surface area contributed by atoms with Gasteiger partial charge in [-0.25, -0.2) is 0 Å². The number of hydrogen-bond acceptors (Lipinski definition) is 5. The maximum Gasteiger partial charge on any atom is 0.269 e. The molecule has 2 aromatic rings. The zero-order valence-electron chi connectivity index (χ0n) is 11.8. The summed E-state index contributed by atoms with van der Waals surface area (Å²) in [5.41, 5.74) is 3.45. The minimum Gasteiger partial charge on any atom is -0.455 e. The van der Waals surface area contributed by atoms with E-state index < -0.39 is 4.92 Å². The van der Waals surface area contributed by atoms with Crippen molar-refractivity contribution in [2.24, 2.45) is 5.10 Å². The molecule has 0 radical (unpaired) electrons. The molecule has 22 heavy (non-hydrogen) atoms. The zero-order chi connectivity index (χ0) is 15.9.